The lowest BCUT2D eigenvalue weighted by Gasteiger charge is -2.20. The fourth-order valence-electron chi connectivity index (χ4n) is 2.45. The molecular formula is C18H26N2O2. The second-order valence-electron chi connectivity index (χ2n) is 5.26. The predicted octanol–water partition coefficient (Wildman–Crippen LogP) is 2.46. The molecule has 0 aliphatic carbocycles. The van der Waals surface area contributed by atoms with Gasteiger partial charge in [-0.25, -0.2) is 0 Å². The fourth-order valence-corrected chi connectivity index (χ4v) is 2.45. The van der Waals surface area contributed by atoms with Gasteiger partial charge in [-0.3, -0.25) is 9.79 Å². The summed E-state index contributed by atoms with van der Waals surface area (Å²) < 4.78 is 0. The van der Waals surface area contributed by atoms with Gasteiger partial charge in [0.25, 0.3) is 0 Å². The Morgan fingerprint density at radius 2 is 2.23 bits per heavy atom. The van der Waals surface area contributed by atoms with Crippen LogP contribution in [0.1, 0.15) is 42.9 Å². The van der Waals surface area contributed by atoms with Gasteiger partial charge in [0.2, 0.25) is 5.91 Å². The van der Waals surface area contributed by atoms with Gasteiger partial charge in [-0.15, -0.1) is 0 Å². The van der Waals surface area contributed by atoms with Crippen LogP contribution in [0.2, 0.25) is 0 Å². The van der Waals surface area contributed by atoms with Crippen LogP contribution < -0.4 is 5.32 Å². The molecule has 1 atom stereocenters. The van der Waals surface area contributed by atoms with Gasteiger partial charge in [0.1, 0.15) is 0 Å². The molecule has 4 heteroatoms. The van der Waals surface area contributed by atoms with Crippen LogP contribution in [0.25, 0.3) is 0 Å². The second-order valence-corrected chi connectivity index (χ2v) is 5.26. The van der Waals surface area contributed by atoms with Gasteiger partial charge in [0, 0.05) is 19.2 Å². The molecule has 1 aromatic carbocycles. The monoisotopic (exact) mass is 302 g/mol. The first kappa shape index (κ1) is 18.1. The number of rotatable bonds is 8. The molecule has 0 fully saturated rings. The van der Waals surface area contributed by atoms with E-state index in [0.717, 1.165) is 23.3 Å². The van der Waals surface area contributed by atoms with Gasteiger partial charge in [-0.1, -0.05) is 38.6 Å². The van der Waals surface area contributed by atoms with E-state index in [4.69, 9.17) is 0 Å². The highest BCUT2D eigenvalue weighted by molar-refractivity contribution is 6.06. The van der Waals surface area contributed by atoms with Gasteiger partial charge in [-0.2, -0.15) is 0 Å². The SMILES string of the molecule is C=CC(=O)NCC(=NC)c1c(CCO)cccc1C(C)CC. The summed E-state index contributed by atoms with van der Waals surface area (Å²) in [6.07, 6.45) is 2.85. The first-order valence-corrected chi connectivity index (χ1v) is 7.67. The van der Waals surface area contributed by atoms with Crippen LogP contribution in [0, 0.1) is 0 Å². The molecule has 22 heavy (non-hydrogen) atoms. The Bertz CT molecular complexity index is 550. The molecule has 0 aliphatic rings. The van der Waals surface area contributed by atoms with E-state index in [1.807, 2.05) is 12.1 Å². The van der Waals surface area contributed by atoms with Crippen molar-refractivity contribution in [1.82, 2.24) is 5.32 Å². The number of hydrogen-bond donors (Lipinski definition) is 2. The Kier molecular flexibility index (Phi) is 7.54. The molecule has 4 nitrogen and oxygen atoms in total. The Morgan fingerprint density at radius 3 is 2.77 bits per heavy atom. The summed E-state index contributed by atoms with van der Waals surface area (Å²) in [6.45, 7) is 8.23. The van der Waals surface area contributed by atoms with Gasteiger partial charge < -0.3 is 10.4 Å². The number of amides is 1. The molecule has 0 saturated heterocycles. The number of carbonyl (C=O) groups is 1. The quantitative estimate of drug-likeness (QED) is 0.572. The van der Waals surface area contributed by atoms with Crippen molar-refractivity contribution in [2.45, 2.75) is 32.6 Å². The first-order valence-electron chi connectivity index (χ1n) is 7.67. The zero-order valence-corrected chi connectivity index (χ0v) is 13.7. The molecule has 0 heterocycles. The minimum atomic E-state index is -0.217. The molecule has 0 aromatic heterocycles. The summed E-state index contributed by atoms with van der Waals surface area (Å²) in [5.74, 6) is 0.173. The Labute approximate surface area is 133 Å². The van der Waals surface area contributed by atoms with Gasteiger partial charge in [-0.05, 0) is 36.0 Å². The van der Waals surface area contributed by atoms with Crippen molar-refractivity contribution < 1.29 is 9.90 Å². The van der Waals surface area contributed by atoms with E-state index in [9.17, 15) is 9.90 Å². The van der Waals surface area contributed by atoms with Crippen molar-refractivity contribution in [3.05, 3.63) is 47.5 Å². The van der Waals surface area contributed by atoms with Crippen LogP contribution in [0.5, 0.6) is 0 Å². The zero-order valence-electron chi connectivity index (χ0n) is 13.7. The number of aliphatic imine (C=N–C) groups is 1. The van der Waals surface area contributed by atoms with E-state index < -0.39 is 0 Å². The minimum absolute atomic E-state index is 0.0902. The third kappa shape index (κ3) is 4.53. The average molecular weight is 302 g/mol. The van der Waals surface area contributed by atoms with Crippen LogP contribution in [-0.2, 0) is 11.2 Å². The van der Waals surface area contributed by atoms with E-state index in [-0.39, 0.29) is 12.5 Å². The molecular weight excluding hydrogens is 276 g/mol. The smallest absolute Gasteiger partial charge is 0.243 e. The molecule has 2 N–H and O–H groups in total. The molecule has 0 spiro atoms. The molecule has 120 valence electrons. The summed E-state index contributed by atoms with van der Waals surface area (Å²) in [7, 11) is 1.73. The summed E-state index contributed by atoms with van der Waals surface area (Å²) in [5.41, 5.74) is 4.16. The second kappa shape index (κ2) is 9.15. The van der Waals surface area contributed by atoms with Crippen molar-refractivity contribution in [2.75, 3.05) is 20.2 Å². The van der Waals surface area contributed by atoms with E-state index in [1.54, 1.807) is 7.05 Å². The van der Waals surface area contributed by atoms with Crippen molar-refractivity contribution in [3.8, 4) is 0 Å². The van der Waals surface area contributed by atoms with Gasteiger partial charge in [0.05, 0.1) is 12.3 Å². The normalized spacial score (nSPS) is 12.8. The Balaban J connectivity index is 3.26. The van der Waals surface area contributed by atoms with E-state index in [2.05, 4.69) is 36.8 Å². The van der Waals surface area contributed by atoms with E-state index in [0.29, 0.717) is 18.9 Å². The maximum absolute atomic E-state index is 11.4. The molecule has 0 saturated carbocycles. The highest BCUT2D eigenvalue weighted by Crippen LogP contribution is 2.26. The van der Waals surface area contributed by atoms with Crippen LogP contribution in [0.15, 0.2) is 35.8 Å². The molecule has 0 bridgehead atoms. The molecule has 0 radical (unpaired) electrons. The van der Waals surface area contributed by atoms with Crippen molar-refractivity contribution in [2.24, 2.45) is 4.99 Å². The zero-order chi connectivity index (χ0) is 16.5. The van der Waals surface area contributed by atoms with E-state index in [1.165, 1.54) is 11.6 Å². The number of aliphatic hydroxyl groups is 1. The number of nitrogens with zero attached hydrogens (tertiary/aromatic N) is 1. The largest absolute Gasteiger partial charge is 0.396 e. The van der Waals surface area contributed by atoms with Crippen molar-refractivity contribution in [3.63, 3.8) is 0 Å². The standard InChI is InChI=1S/C18H26N2O2/c1-5-13(3)15-9-7-8-14(10-11-21)18(15)16(19-4)12-20-17(22)6-2/h6-9,13,21H,2,5,10-12H2,1,3-4H3,(H,20,22). The number of carbonyl (C=O) groups excluding carboxylic acids is 1. The molecule has 1 unspecified atom stereocenters. The van der Waals surface area contributed by atoms with Crippen LogP contribution in [-0.4, -0.2) is 36.9 Å². The van der Waals surface area contributed by atoms with Crippen LogP contribution in [0.4, 0.5) is 0 Å². The first-order chi connectivity index (χ1) is 10.6. The van der Waals surface area contributed by atoms with Crippen molar-refractivity contribution in [1.29, 1.82) is 0 Å². The van der Waals surface area contributed by atoms with Gasteiger partial charge in [0.15, 0.2) is 0 Å². The Hall–Kier alpha value is -1.94. The number of aliphatic hydroxyl groups excluding tert-OH is 1. The van der Waals surface area contributed by atoms with Crippen molar-refractivity contribution >= 4 is 11.6 Å². The lowest BCUT2D eigenvalue weighted by molar-refractivity contribution is -0.116. The number of benzene rings is 1. The lowest BCUT2D eigenvalue weighted by atomic mass is 9.87. The topological polar surface area (TPSA) is 61.7 Å². The maximum atomic E-state index is 11.4. The molecule has 0 aliphatic heterocycles. The third-order valence-corrected chi connectivity index (χ3v) is 3.88. The summed E-state index contributed by atoms with van der Waals surface area (Å²) in [4.78, 5) is 15.8. The van der Waals surface area contributed by atoms with E-state index >= 15 is 0 Å². The molecule has 1 rings (SSSR count). The maximum Gasteiger partial charge on any atom is 0.243 e. The van der Waals surface area contributed by atoms with Crippen LogP contribution in [0.3, 0.4) is 0 Å². The molecule has 1 aromatic rings. The summed E-state index contributed by atoms with van der Waals surface area (Å²) >= 11 is 0. The predicted molar refractivity (Wildman–Crippen MR) is 91.6 cm³/mol. The highest BCUT2D eigenvalue weighted by atomic mass is 16.3. The summed E-state index contributed by atoms with van der Waals surface area (Å²) in [5, 5.41) is 12.1. The fraction of sp³-hybridized carbons (Fsp3) is 0.444. The third-order valence-electron chi connectivity index (χ3n) is 3.88. The van der Waals surface area contributed by atoms with Crippen LogP contribution >= 0.6 is 0 Å². The number of hydrogen-bond acceptors (Lipinski definition) is 3. The minimum Gasteiger partial charge on any atom is -0.396 e. The summed E-state index contributed by atoms with van der Waals surface area (Å²) in [6, 6.07) is 6.13. The number of nitrogens with one attached hydrogen (secondary N) is 1. The highest BCUT2D eigenvalue weighted by Gasteiger charge is 2.17. The van der Waals surface area contributed by atoms with Gasteiger partial charge >= 0.3 is 0 Å². The molecule has 1 amide bonds. The lowest BCUT2D eigenvalue weighted by Crippen LogP contribution is -2.30. The average Bonchev–Trinajstić information content (AvgIpc) is 2.55. The Morgan fingerprint density at radius 1 is 1.50 bits per heavy atom.